The van der Waals surface area contributed by atoms with E-state index in [1.54, 1.807) is 6.92 Å². The molecule has 2 unspecified atom stereocenters. The first-order valence-corrected chi connectivity index (χ1v) is 7.71. The first-order chi connectivity index (χ1) is 6.53. The second-order valence-electron chi connectivity index (χ2n) is 3.88. The van der Waals surface area contributed by atoms with Gasteiger partial charge in [0.05, 0.1) is 5.75 Å². The highest BCUT2D eigenvalue weighted by atomic mass is 79.9. The highest BCUT2D eigenvalue weighted by Gasteiger charge is 2.21. The molecule has 14 heavy (non-hydrogen) atoms. The molecule has 0 aromatic rings. The van der Waals surface area contributed by atoms with E-state index in [1.165, 1.54) is 12.8 Å². The Morgan fingerprint density at radius 2 is 2.14 bits per heavy atom. The summed E-state index contributed by atoms with van der Waals surface area (Å²) >= 11 is 3.59. The fourth-order valence-electron chi connectivity index (χ4n) is 1.76. The van der Waals surface area contributed by atoms with Crippen molar-refractivity contribution in [1.29, 1.82) is 0 Å². The Morgan fingerprint density at radius 3 is 2.71 bits per heavy atom. The van der Waals surface area contributed by atoms with Crippen molar-refractivity contribution in [3.8, 4) is 0 Å². The normalized spacial score (nSPS) is 29.0. The maximum Gasteiger partial charge on any atom is 0.211 e. The fourth-order valence-corrected chi connectivity index (χ4v) is 3.30. The Kier molecular flexibility index (Phi) is 4.87. The number of alkyl halides is 1. The molecule has 84 valence electrons. The van der Waals surface area contributed by atoms with Gasteiger partial charge in [0.15, 0.2) is 0 Å². The Balaban J connectivity index is 2.31. The minimum atomic E-state index is -3.00. The minimum Gasteiger partial charge on any atom is -0.215 e. The molecule has 5 heteroatoms. The average molecular weight is 284 g/mol. The second kappa shape index (κ2) is 5.47. The molecule has 3 nitrogen and oxygen atoms in total. The summed E-state index contributed by atoms with van der Waals surface area (Å²) in [7, 11) is -3.00. The highest BCUT2D eigenvalue weighted by molar-refractivity contribution is 9.09. The van der Waals surface area contributed by atoms with Crippen LogP contribution in [0.4, 0.5) is 0 Å². The van der Waals surface area contributed by atoms with Crippen molar-refractivity contribution in [3.05, 3.63) is 0 Å². The van der Waals surface area contributed by atoms with E-state index in [1.807, 2.05) is 0 Å². The van der Waals surface area contributed by atoms with Crippen molar-refractivity contribution in [2.24, 2.45) is 5.92 Å². The summed E-state index contributed by atoms with van der Waals surface area (Å²) in [5.41, 5.74) is 0. The minimum absolute atomic E-state index is 0.178. The van der Waals surface area contributed by atoms with Crippen LogP contribution in [0, 0.1) is 5.92 Å². The average Bonchev–Trinajstić information content (AvgIpc) is 2.15. The van der Waals surface area contributed by atoms with Gasteiger partial charge in [0, 0.05) is 11.4 Å². The molecule has 0 saturated heterocycles. The molecular weight excluding hydrogens is 266 g/mol. The van der Waals surface area contributed by atoms with Crippen LogP contribution < -0.4 is 4.72 Å². The number of halogens is 1. The van der Waals surface area contributed by atoms with Gasteiger partial charge in [-0.2, -0.15) is 0 Å². The van der Waals surface area contributed by atoms with Crippen LogP contribution in [0.25, 0.3) is 0 Å². The third-order valence-corrected chi connectivity index (χ3v) is 4.89. The molecule has 0 spiro atoms. The van der Waals surface area contributed by atoms with E-state index in [2.05, 4.69) is 20.7 Å². The number of nitrogens with one attached hydrogen (secondary N) is 1. The van der Waals surface area contributed by atoms with Gasteiger partial charge < -0.3 is 0 Å². The van der Waals surface area contributed by atoms with Gasteiger partial charge >= 0.3 is 0 Å². The van der Waals surface area contributed by atoms with Crippen LogP contribution in [-0.4, -0.2) is 25.5 Å². The van der Waals surface area contributed by atoms with E-state index in [9.17, 15) is 8.42 Å². The van der Waals surface area contributed by atoms with E-state index < -0.39 is 10.0 Å². The lowest BCUT2D eigenvalue weighted by molar-refractivity contribution is 0.368. The van der Waals surface area contributed by atoms with Gasteiger partial charge in [0.2, 0.25) is 10.0 Å². The Hall–Kier alpha value is 0.390. The van der Waals surface area contributed by atoms with Gasteiger partial charge in [-0.3, -0.25) is 0 Å². The molecule has 0 aromatic heterocycles. The van der Waals surface area contributed by atoms with E-state index in [-0.39, 0.29) is 5.75 Å². The van der Waals surface area contributed by atoms with Crippen LogP contribution in [-0.2, 0) is 10.0 Å². The maximum absolute atomic E-state index is 11.2. The van der Waals surface area contributed by atoms with E-state index in [0.29, 0.717) is 17.3 Å². The standard InChI is InChI=1S/C9H18BrNO2S/c1-2-14(12,13)11-7-8-4-3-5-9(10)6-8/h8-9,11H,2-7H2,1H3. The molecule has 0 heterocycles. The Bertz CT molecular complexity index is 266. The summed E-state index contributed by atoms with van der Waals surface area (Å²) in [4.78, 5) is 0.576. The summed E-state index contributed by atoms with van der Waals surface area (Å²) < 4.78 is 25.1. The Morgan fingerprint density at radius 1 is 1.43 bits per heavy atom. The van der Waals surface area contributed by atoms with Crippen LogP contribution >= 0.6 is 15.9 Å². The zero-order chi connectivity index (χ0) is 10.6. The van der Waals surface area contributed by atoms with E-state index in [0.717, 1.165) is 12.8 Å². The zero-order valence-corrected chi connectivity index (χ0v) is 10.9. The lowest BCUT2D eigenvalue weighted by Gasteiger charge is -2.25. The Labute approximate surface area is 94.8 Å². The quantitative estimate of drug-likeness (QED) is 0.801. The smallest absolute Gasteiger partial charge is 0.211 e. The lowest BCUT2D eigenvalue weighted by Crippen LogP contribution is -2.32. The van der Waals surface area contributed by atoms with Crippen molar-refractivity contribution in [2.75, 3.05) is 12.3 Å². The number of sulfonamides is 1. The van der Waals surface area contributed by atoms with Crippen molar-refractivity contribution >= 4 is 26.0 Å². The zero-order valence-electron chi connectivity index (χ0n) is 8.50. The topological polar surface area (TPSA) is 46.2 Å². The predicted molar refractivity (Wildman–Crippen MR) is 62.1 cm³/mol. The largest absolute Gasteiger partial charge is 0.215 e. The van der Waals surface area contributed by atoms with Crippen LogP contribution in [0.5, 0.6) is 0 Å². The van der Waals surface area contributed by atoms with E-state index in [4.69, 9.17) is 0 Å². The predicted octanol–water partition coefficient (Wildman–Crippen LogP) is 1.88. The molecule has 0 bridgehead atoms. The summed E-state index contributed by atoms with van der Waals surface area (Å²) in [6.07, 6.45) is 4.66. The first kappa shape index (κ1) is 12.5. The highest BCUT2D eigenvalue weighted by Crippen LogP contribution is 2.28. The molecule has 1 fully saturated rings. The monoisotopic (exact) mass is 283 g/mol. The van der Waals surface area contributed by atoms with Crippen LogP contribution in [0.1, 0.15) is 32.6 Å². The van der Waals surface area contributed by atoms with Gasteiger partial charge in [0.25, 0.3) is 0 Å². The van der Waals surface area contributed by atoms with Gasteiger partial charge in [-0.1, -0.05) is 22.4 Å². The summed E-state index contributed by atoms with van der Waals surface area (Å²) in [6.45, 7) is 2.27. The molecule has 1 N–H and O–H groups in total. The van der Waals surface area contributed by atoms with Gasteiger partial charge in [-0.15, -0.1) is 0 Å². The fraction of sp³-hybridized carbons (Fsp3) is 1.00. The molecule has 0 amide bonds. The summed E-state index contributed by atoms with van der Waals surface area (Å²) in [5.74, 6) is 0.687. The molecule has 1 aliphatic carbocycles. The number of hydrogen-bond acceptors (Lipinski definition) is 2. The van der Waals surface area contributed by atoms with Gasteiger partial charge in [-0.05, 0) is 32.1 Å². The van der Waals surface area contributed by atoms with Crippen LogP contribution in [0.15, 0.2) is 0 Å². The van der Waals surface area contributed by atoms with Gasteiger partial charge in [0.1, 0.15) is 0 Å². The molecule has 1 saturated carbocycles. The van der Waals surface area contributed by atoms with Crippen molar-refractivity contribution in [1.82, 2.24) is 4.72 Å². The molecule has 0 radical (unpaired) electrons. The third kappa shape index (κ3) is 4.28. The SMILES string of the molecule is CCS(=O)(=O)NCC1CCCC(Br)C1. The molecule has 0 aromatic carbocycles. The lowest BCUT2D eigenvalue weighted by atomic mass is 9.89. The number of rotatable bonds is 4. The van der Waals surface area contributed by atoms with Crippen molar-refractivity contribution in [3.63, 3.8) is 0 Å². The van der Waals surface area contributed by atoms with E-state index >= 15 is 0 Å². The molecular formula is C9H18BrNO2S. The molecule has 1 aliphatic rings. The maximum atomic E-state index is 11.2. The van der Waals surface area contributed by atoms with Gasteiger partial charge in [-0.25, -0.2) is 13.1 Å². The van der Waals surface area contributed by atoms with Crippen LogP contribution in [0.2, 0.25) is 0 Å². The molecule has 2 atom stereocenters. The summed E-state index contributed by atoms with van der Waals surface area (Å²) in [5, 5.41) is 0. The summed E-state index contributed by atoms with van der Waals surface area (Å²) in [6, 6.07) is 0. The molecule has 0 aliphatic heterocycles. The molecule has 1 rings (SSSR count). The van der Waals surface area contributed by atoms with Crippen LogP contribution in [0.3, 0.4) is 0 Å². The number of hydrogen-bond donors (Lipinski definition) is 1. The first-order valence-electron chi connectivity index (χ1n) is 5.15. The van der Waals surface area contributed by atoms with Crippen molar-refractivity contribution < 1.29 is 8.42 Å². The third-order valence-electron chi connectivity index (χ3n) is 2.69. The second-order valence-corrected chi connectivity index (χ2v) is 7.27. The van der Waals surface area contributed by atoms with Crippen molar-refractivity contribution in [2.45, 2.75) is 37.4 Å².